The number of rotatable bonds is 5. The third kappa shape index (κ3) is 4.17. The molecule has 1 aliphatic heterocycles. The molecule has 1 aliphatic rings. The topological polar surface area (TPSA) is 72.4 Å². The Morgan fingerprint density at radius 1 is 1.60 bits per heavy atom. The Labute approximate surface area is 125 Å². The number of carbonyl (C=O) groups is 2. The van der Waals surface area contributed by atoms with Crippen LogP contribution >= 0.6 is 23.1 Å². The van der Waals surface area contributed by atoms with Crippen molar-refractivity contribution in [3.8, 4) is 0 Å². The summed E-state index contributed by atoms with van der Waals surface area (Å²) in [7, 11) is 0. The quantitative estimate of drug-likeness (QED) is 0.604. The van der Waals surface area contributed by atoms with E-state index in [0.717, 1.165) is 17.2 Å². The molecule has 1 amide bonds. The molecule has 0 unspecified atom stereocenters. The zero-order valence-electron chi connectivity index (χ0n) is 11.3. The van der Waals surface area contributed by atoms with Gasteiger partial charge in [0.15, 0.2) is 4.34 Å². The van der Waals surface area contributed by atoms with Gasteiger partial charge in [-0.05, 0) is 19.8 Å². The lowest BCUT2D eigenvalue weighted by Crippen LogP contribution is -2.43. The van der Waals surface area contributed by atoms with Gasteiger partial charge in [-0.3, -0.25) is 9.59 Å². The third-order valence-corrected chi connectivity index (χ3v) is 4.90. The predicted molar refractivity (Wildman–Crippen MR) is 76.6 cm³/mol. The first kappa shape index (κ1) is 15.2. The first-order valence-electron chi connectivity index (χ1n) is 6.54. The van der Waals surface area contributed by atoms with Crippen molar-refractivity contribution in [3.63, 3.8) is 0 Å². The van der Waals surface area contributed by atoms with E-state index in [1.165, 1.54) is 23.1 Å². The number of hydrogen-bond donors (Lipinski definition) is 0. The Hall–Kier alpha value is -1.15. The zero-order chi connectivity index (χ0) is 14.4. The van der Waals surface area contributed by atoms with Crippen molar-refractivity contribution in [2.75, 3.05) is 25.4 Å². The molecule has 6 nitrogen and oxygen atoms in total. The summed E-state index contributed by atoms with van der Waals surface area (Å²) in [5.41, 5.74) is 1.64. The fraction of sp³-hybridized carbons (Fsp3) is 0.667. The molecule has 2 rings (SSSR count). The number of ether oxygens (including phenoxy) is 1. The Balaban J connectivity index is 1.81. The van der Waals surface area contributed by atoms with E-state index in [1.54, 1.807) is 17.3 Å². The second-order valence-corrected chi connectivity index (χ2v) is 6.48. The lowest BCUT2D eigenvalue weighted by Gasteiger charge is -2.31. The number of aromatic nitrogens is 2. The molecular weight excluding hydrogens is 298 g/mol. The second kappa shape index (κ2) is 7.58. The van der Waals surface area contributed by atoms with Gasteiger partial charge in [0.1, 0.15) is 5.51 Å². The summed E-state index contributed by atoms with van der Waals surface area (Å²) in [6.07, 6.45) is 1.64. The molecule has 0 radical (unpaired) electrons. The normalized spacial score (nSPS) is 18.9. The van der Waals surface area contributed by atoms with Gasteiger partial charge in [-0.25, -0.2) is 0 Å². The van der Waals surface area contributed by atoms with Crippen LogP contribution in [0.1, 0.15) is 19.8 Å². The molecule has 20 heavy (non-hydrogen) atoms. The van der Waals surface area contributed by atoms with Crippen LogP contribution in [-0.2, 0) is 14.3 Å². The van der Waals surface area contributed by atoms with Crippen LogP contribution in [0, 0.1) is 5.92 Å². The van der Waals surface area contributed by atoms with Gasteiger partial charge in [0.2, 0.25) is 5.91 Å². The maximum Gasteiger partial charge on any atom is 0.310 e. The molecule has 0 aromatic carbocycles. The van der Waals surface area contributed by atoms with Gasteiger partial charge in [0.25, 0.3) is 0 Å². The monoisotopic (exact) mass is 315 g/mol. The average Bonchev–Trinajstić information content (AvgIpc) is 2.98. The predicted octanol–water partition coefficient (Wildman–Crippen LogP) is 1.43. The molecule has 1 aromatic rings. The lowest BCUT2D eigenvalue weighted by molar-refractivity contribution is -0.151. The van der Waals surface area contributed by atoms with Crippen LogP contribution in [0.3, 0.4) is 0 Å². The summed E-state index contributed by atoms with van der Waals surface area (Å²) >= 11 is 2.81. The highest BCUT2D eigenvalue weighted by Crippen LogP contribution is 2.22. The Kier molecular flexibility index (Phi) is 5.78. The molecule has 0 spiro atoms. The summed E-state index contributed by atoms with van der Waals surface area (Å²) in [5, 5.41) is 7.62. The number of carbonyl (C=O) groups excluding carboxylic acids is 2. The van der Waals surface area contributed by atoms with Crippen LogP contribution in [0.2, 0.25) is 0 Å². The van der Waals surface area contributed by atoms with Crippen molar-refractivity contribution < 1.29 is 14.3 Å². The molecule has 1 aromatic heterocycles. The number of esters is 1. The maximum atomic E-state index is 12.1. The van der Waals surface area contributed by atoms with E-state index in [4.69, 9.17) is 4.74 Å². The van der Waals surface area contributed by atoms with E-state index in [9.17, 15) is 9.59 Å². The number of piperidine rings is 1. The third-order valence-electron chi connectivity index (χ3n) is 3.05. The lowest BCUT2D eigenvalue weighted by atomic mass is 9.98. The molecular formula is C12H17N3O3S2. The van der Waals surface area contributed by atoms with Crippen LogP contribution in [0.15, 0.2) is 9.85 Å². The highest BCUT2D eigenvalue weighted by atomic mass is 32.2. The number of likely N-dealkylation sites (tertiary alicyclic amines) is 1. The molecule has 1 atom stereocenters. The van der Waals surface area contributed by atoms with Gasteiger partial charge in [-0.15, -0.1) is 10.2 Å². The summed E-state index contributed by atoms with van der Waals surface area (Å²) in [4.78, 5) is 25.6. The molecule has 8 heteroatoms. The molecule has 0 aliphatic carbocycles. The molecule has 0 saturated carbocycles. The van der Waals surface area contributed by atoms with E-state index < -0.39 is 0 Å². The zero-order valence-corrected chi connectivity index (χ0v) is 12.9. The van der Waals surface area contributed by atoms with Gasteiger partial charge in [0.05, 0.1) is 18.3 Å². The second-order valence-electron chi connectivity index (χ2n) is 4.42. The Bertz CT molecular complexity index is 453. The summed E-state index contributed by atoms with van der Waals surface area (Å²) < 4.78 is 5.82. The summed E-state index contributed by atoms with van der Waals surface area (Å²) in [5.74, 6) is 0.00484. The SMILES string of the molecule is CCOC(=O)[C@H]1CCCN(C(=O)CSc2nncs2)C1. The number of thioether (sulfide) groups is 1. The average molecular weight is 315 g/mol. The first-order valence-corrected chi connectivity index (χ1v) is 8.40. The minimum absolute atomic E-state index is 0.0409. The molecule has 0 N–H and O–H groups in total. The van der Waals surface area contributed by atoms with Crippen molar-refractivity contribution >= 4 is 35.0 Å². The molecule has 2 heterocycles. The molecule has 1 saturated heterocycles. The smallest absolute Gasteiger partial charge is 0.310 e. The van der Waals surface area contributed by atoms with E-state index in [1.807, 2.05) is 0 Å². The molecule has 1 fully saturated rings. The van der Waals surface area contributed by atoms with Crippen LogP contribution < -0.4 is 0 Å². The van der Waals surface area contributed by atoms with Crippen molar-refractivity contribution in [1.82, 2.24) is 15.1 Å². The highest BCUT2D eigenvalue weighted by Gasteiger charge is 2.29. The number of amides is 1. The first-order chi connectivity index (χ1) is 9.70. The van der Waals surface area contributed by atoms with Crippen molar-refractivity contribution in [3.05, 3.63) is 5.51 Å². The Morgan fingerprint density at radius 3 is 3.15 bits per heavy atom. The van der Waals surface area contributed by atoms with Crippen LogP contribution in [0.25, 0.3) is 0 Å². The number of nitrogens with zero attached hydrogens (tertiary/aromatic N) is 3. The maximum absolute atomic E-state index is 12.1. The molecule has 110 valence electrons. The molecule has 0 bridgehead atoms. The van der Waals surface area contributed by atoms with Gasteiger partial charge in [0, 0.05) is 13.1 Å². The minimum atomic E-state index is -0.193. The van der Waals surface area contributed by atoms with Crippen LogP contribution in [0.4, 0.5) is 0 Å². The van der Waals surface area contributed by atoms with Gasteiger partial charge < -0.3 is 9.64 Å². The van der Waals surface area contributed by atoms with Crippen molar-refractivity contribution in [2.45, 2.75) is 24.1 Å². The minimum Gasteiger partial charge on any atom is -0.466 e. The summed E-state index contributed by atoms with van der Waals surface area (Å²) in [6.45, 7) is 3.36. The van der Waals surface area contributed by atoms with Crippen molar-refractivity contribution in [1.29, 1.82) is 0 Å². The Morgan fingerprint density at radius 2 is 2.45 bits per heavy atom. The van der Waals surface area contributed by atoms with Gasteiger partial charge in [-0.1, -0.05) is 23.1 Å². The van der Waals surface area contributed by atoms with E-state index in [-0.39, 0.29) is 17.8 Å². The van der Waals surface area contributed by atoms with E-state index >= 15 is 0 Å². The highest BCUT2D eigenvalue weighted by molar-refractivity contribution is 8.01. The van der Waals surface area contributed by atoms with Crippen LogP contribution in [0.5, 0.6) is 0 Å². The standard InChI is InChI=1S/C12H17N3O3S2/c1-2-18-11(17)9-4-3-5-15(6-9)10(16)7-19-12-14-13-8-20-12/h8-9H,2-7H2,1H3/t9-/m0/s1. The van der Waals surface area contributed by atoms with Crippen LogP contribution in [-0.4, -0.2) is 52.4 Å². The number of hydrogen-bond acceptors (Lipinski definition) is 7. The van der Waals surface area contributed by atoms with E-state index in [2.05, 4.69) is 10.2 Å². The fourth-order valence-electron chi connectivity index (χ4n) is 2.10. The fourth-order valence-corrected chi connectivity index (χ4v) is 3.49. The summed E-state index contributed by atoms with van der Waals surface area (Å²) in [6, 6.07) is 0. The van der Waals surface area contributed by atoms with Gasteiger partial charge in [-0.2, -0.15) is 0 Å². The van der Waals surface area contributed by atoms with E-state index in [0.29, 0.717) is 25.4 Å². The largest absolute Gasteiger partial charge is 0.466 e. The van der Waals surface area contributed by atoms with Gasteiger partial charge >= 0.3 is 5.97 Å². The van der Waals surface area contributed by atoms with Crippen molar-refractivity contribution in [2.24, 2.45) is 5.92 Å².